The van der Waals surface area contributed by atoms with Crippen molar-refractivity contribution in [2.75, 3.05) is 25.0 Å². The summed E-state index contributed by atoms with van der Waals surface area (Å²) in [5.41, 5.74) is 1.47. The predicted octanol–water partition coefficient (Wildman–Crippen LogP) is 4.39. The number of benzene rings is 1. The molecule has 1 N–H and O–H groups in total. The Labute approximate surface area is 201 Å². The van der Waals surface area contributed by atoms with Gasteiger partial charge in [-0.15, -0.1) is 23.7 Å². The van der Waals surface area contributed by atoms with Crippen LogP contribution in [-0.4, -0.2) is 54.2 Å². The first-order valence-electron chi connectivity index (χ1n) is 10.9. The van der Waals surface area contributed by atoms with Crippen LogP contribution in [0, 0.1) is 0 Å². The summed E-state index contributed by atoms with van der Waals surface area (Å²) in [5, 5.41) is 3.46. The van der Waals surface area contributed by atoms with E-state index in [1.807, 2.05) is 13.8 Å². The number of nitrogens with one attached hydrogen (secondary N) is 1. The van der Waals surface area contributed by atoms with E-state index in [1.165, 1.54) is 32.7 Å². The van der Waals surface area contributed by atoms with Crippen molar-refractivity contribution in [3.63, 3.8) is 0 Å². The molecule has 0 fully saturated rings. The summed E-state index contributed by atoms with van der Waals surface area (Å²) in [7, 11) is -3.55. The molecule has 0 spiro atoms. The first-order chi connectivity index (χ1) is 14.8. The molecular formula is C22H33ClN4O3S2. The molecule has 178 valence electrons. The van der Waals surface area contributed by atoms with E-state index >= 15 is 0 Å². The zero-order valence-corrected chi connectivity index (χ0v) is 21.6. The monoisotopic (exact) mass is 500 g/mol. The summed E-state index contributed by atoms with van der Waals surface area (Å²) >= 11 is 1.51. The molecule has 0 bridgehead atoms. The van der Waals surface area contributed by atoms with Crippen LogP contribution >= 0.6 is 23.7 Å². The van der Waals surface area contributed by atoms with Gasteiger partial charge in [0.2, 0.25) is 10.0 Å². The lowest BCUT2D eigenvalue weighted by Crippen LogP contribution is -2.35. The molecule has 0 radical (unpaired) electrons. The third-order valence-corrected chi connectivity index (χ3v) is 8.32. The van der Waals surface area contributed by atoms with E-state index < -0.39 is 10.0 Å². The Balaban J connectivity index is 0.00000363. The van der Waals surface area contributed by atoms with Crippen LogP contribution in [0.2, 0.25) is 0 Å². The highest BCUT2D eigenvalue weighted by atomic mass is 35.5. The Hall–Kier alpha value is -1.52. The topological polar surface area (TPSA) is 82.6 Å². The van der Waals surface area contributed by atoms with E-state index in [9.17, 15) is 13.2 Å². The van der Waals surface area contributed by atoms with Crippen molar-refractivity contribution in [2.24, 2.45) is 0 Å². The number of sulfonamides is 1. The molecule has 1 amide bonds. The van der Waals surface area contributed by atoms with Crippen LogP contribution in [0.4, 0.5) is 5.13 Å². The molecular weight excluding hydrogens is 468 g/mol. The lowest BCUT2D eigenvalue weighted by molar-refractivity contribution is 0.102. The van der Waals surface area contributed by atoms with Gasteiger partial charge >= 0.3 is 0 Å². The molecule has 0 aliphatic carbocycles. The quantitative estimate of drug-likeness (QED) is 0.552. The van der Waals surface area contributed by atoms with Crippen LogP contribution in [-0.2, 0) is 23.0 Å². The van der Waals surface area contributed by atoms with Gasteiger partial charge < -0.3 is 0 Å². The summed E-state index contributed by atoms with van der Waals surface area (Å²) in [6.45, 7) is 11.1. The van der Waals surface area contributed by atoms with Gasteiger partial charge in [0.15, 0.2) is 5.13 Å². The molecule has 2 aromatic rings. The maximum atomic E-state index is 12.9. The maximum Gasteiger partial charge on any atom is 0.257 e. The summed E-state index contributed by atoms with van der Waals surface area (Å²) < 4.78 is 27.3. The molecule has 1 aromatic heterocycles. The molecule has 32 heavy (non-hydrogen) atoms. The maximum absolute atomic E-state index is 12.9. The predicted molar refractivity (Wildman–Crippen MR) is 132 cm³/mol. The van der Waals surface area contributed by atoms with Gasteiger partial charge in [-0.3, -0.25) is 15.0 Å². The minimum atomic E-state index is -3.55. The second-order valence-corrected chi connectivity index (χ2v) is 11.1. The molecule has 2 heterocycles. The highest BCUT2D eigenvalue weighted by Gasteiger charge is 2.24. The number of carbonyl (C=O) groups is 1. The first-order valence-corrected chi connectivity index (χ1v) is 13.2. The fourth-order valence-electron chi connectivity index (χ4n) is 3.66. The van der Waals surface area contributed by atoms with Crippen molar-refractivity contribution in [1.29, 1.82) is 0 Å². The number of rotatable bonds is 9. The smallest absolute Gasteiger partial charge is 0.257 e. The summed E-state index contributed by atoms with van der Waals surface area (Å²) in [6.07, 6.45) is 2.40. The number of nitrogens with zero attached hydrogens (tertiary/aromatic N) is 3. The van der Waals surface area contributed by atoms with Crippen molar-refractivity contribution >= 4 is 44.8 Å². The standard InChI is InChI=1S/C22H32N4O3S2.ClH/c1-5-12-26(13-6-2)31(28,29)18-9-7-17(8-10-18)21(27)24-22-23-19-11-14-25(16(3)4)15-20(19)30-22;/h7-10,16H,5-6,11-15H2,1-4H3,(H,23,24,27);1H. The number of hydrogen-bond acceptors (Lipinski definition) is 6. The third kappa shape index (κ3) is 6.08. The highest BCUT2D eigenvalue weighted by Crippen LogP contribution is 2.29. The largest absolute Gasteiger partial charge is 0.298 e. The van der Waals surface area contributed by atoms with Crippen LogP contribution in [0.1, 0.15) is 61.5 Å². The van der Waals surface area contributed by atoms with Crippen molar-refractivity contribution < 1.29 is 13.2 Å². The van der Waals surface area contributed by atoms with Gasteiger partial charge in [0, 0.05) is 49.1 Å². The normalized spacial score (nSPS) is 14.3. The van der Waals surface area contributed by atoms with Gasteiger partial charge in [-0.2, -0.15) is 4.31 Å². The molecule has 0 saturated carbocycles. The number of fused-ring (bicyclic) bond motifs is 1. The van der Waals surface area contributed by atoms with Crippen LogP contribution in [0.3, 0.4) is 0 Å². The Morgan fingerprint density at radius 3 is 2.38 bits per heavy atom. The van der Waals surface area contributed by atoms with Gasteiger partial charge in [-0.1, -0.05) is 13.8 Å². The molecule has 1 aliphatic heterocycles. The Morgan fingerprint density at radius 1 is 1.19 bits per heavy atom. The molecule has 3 rings (SSSR count). The second-order valence-electron chi connectivity index (χ2n) is 8.09. The molecule has 1 aromatic carbocycles. The minimum Gasteiger partial charge on any atom is -0.298 e. The fourth-order valence-corrected chi connectivity index (χ4v) is 6.31. The van der Waals surface area contributed by atoms with E-state index in [0.717, 1.165) is 38.0 Å². The first kappa shape index (κ1) is 26.7. The van der Waals surface area contributed by atoms with Gasteiger partial charge in [-0.25, -0.2) is 13.4 Å². The number of anilines is 1. The van der Waals surface area contributed by atoms with Gasteiger partial charge in [0.25, 0.3) is 5.91 Å². The SMILES string of the molecule is CCCN(CCC)S(=O)(=O)c1ccc(C(=O)Nc2nc3c(s2)CN(C(C)C)CC3)cc1.Cl. The van der Waals surface area contributed by atoms with Crippen LogP contribution in [0.15, 0.2) is 29.2 Å². The van der Waals surface area contributed by atoms with E-state index in [0.29, 0.717) is 29.8 Å². The molecule has 10 heteroatoms. The van der Waals surface area contributed by atoms with Crippen molar-refractivity contribution in [3.05, 3.63) is 40.4 Å². The number of amides is 1. The lowest BCUT2D eigenvalue weighted by Gasteiger charge is -2.29. The molecule has 0 saturated heterocycles. The van der Waals surface area contributed by atoms with Crippen molar-refractivity contribution in [2.45, 2.75) is 64.4 Å². The number of carbonyl (C=O) groups excluding carboxylic acids is 1. The zero-order chi connectivity index (χ0) is 22.6. The Morgan fingerprint density at radius 2 is 1.81 bits per heavy atom. The Kier molecular flexibility index (Phi) is 9.66. The number of hydrogen-bond donors (Lipinski definition) is 1. The van der Waals surface area contributed by atoms with Crippen LogP contribution in [0.5, 0.6) is 0 Å². The van der Waals surface area contributed by atoms with Crippen LogP contribution in [0.25, 0.3) is 0 Å². The van der Waals surface area contributed by atoms with E-state index in [2.05, 4.69) is 29.0 Å². The van der Waals surface area contributed by atoms with Crippen molar-refractivity contribution in [3.8, 4) is 0 Å². The molecule has 7 nitrogen and oxygen atoms in total. The van der Waals surface area contributed by atoms with E-state index in [-0.39, 0.29) is 23.2 Å². The van der Waals surface area contributed by atoms with Crippen LogP contribution < -0.4 is 5.32 Å². The number of halogens is 1. The van der Waals surface area contributed by atoms with E-state index in [1.54, 1.807) is 12.1 Å². The number of aromatic nitrogens is 1. The molecule has 1 aliphatic rings. The summed E-state index contributed by atoms with van der Waals surface area (Å²) in [4.78, 5) is 21.1. The molecule has 0 atom stereocenters. The second kappa shape index (κ2) is 11.6. The average molecular weight is 501 g/mol. The zero-order valence-electron chi connectivity index (χ0n) is 19.1. The fraction of sp³-hybridized carbons (Fsp3) is 0.545. The van der Waals surface area contributed by atoms with Gasteiger partial charge in [-0.05, 0) is 51.0 Å². The summed E-state index contributed by atoms with van der Waals surface area (Å²) in [5.74, 6) is -0.283. The highest BCUT2D eigenvalue weighted by molar-refractivity contribution is 7.89. The average Bonchev–Trinajstić information content (AvgIpc) is 3.15. The van der Waals surface area contributed by atoms with Crippen molar-refractivity contribution in [1.82, 2.24) is 14.2 Å². The third-order valence-electron chi connectivity index (χ3n) is 5.41. The lowest BCUT2D eigenvalue weighted by atomic mass is 10.1. The Bertz CT molecular complexity index is 1000. The van der Waals surface area contributed by atoms with Gasteiger partial charge in [0.1, 0.15) is 0 Å². The van der Waals surface area contributed by atoms with E-state index in [4.69, 9.17) is 0 Å². The summed E-state index contributed by atoms with van der Waals surface area (Å²) in [6, 6.07) is 6.62. The molecule has 0 unspecified atom stereocenters. The van der Waals surface area contributed by atoms with Gasteiger partial charge in [0.05, 0.1) is 10.6 Å². The minimum absolute atomic E-state index is 0. The number of thiazole rings is 1.